The molecule has 0 saturated heterocycles. The molecule has 3 unspecified atom stereocenters. The Balaban J connectivity index is 1.63. The van der Waals surface area contributed by atoms with E-state index in [1.807, 2.05) is 0 Å². The van der Waals surface area contributed by atoms with Crippen LogP contribution in [0.5, 0.6) is 0 Å². The van der Waals surface area contributed by atoms with Crippen LogP contribution in [-0.4, -0.2) is 5.33 Å². The standard InChI is InChI=1S/C15H25Br/c16-11-15(6-2-1-3-7-15)10-14-9-12-4-5-13(14)8-12/h12-14H,1-11H2. The van der Waals surface area contributed by atoms with Crippen molar-refractivity contribution in [1.29, 1.82) is 0 Å². The Morgan fingerprint density at radius 2 is 1.81 bits per heavy atom. The molecule has 3 fully saturated rings. The molecule has 0 amide bonds. The molecule has 1 heteroatoms. The highest BCUT2D eigenvalue weighted by atomic mass is 79.9. The molecule has 0 N–H and O–H groups in total. The second-order valence-corrected chi connectivity index (χ2v) is 7.39. The number of hydrogen-bond donors (Lipinski definition) is 0. The summed E-state index contributed by atoms with van der Waals surface area (Å²) in [6, 6.07) is 0. The lowest BCUT2D eigenvalue weighted by Gasteiger charge is -2.39. The third-order valence-corrected chi connectivity index (χ3v) is 6.97. The van der Waals surface area contributed by atoms with Gasteiger partial charge in [0.25, 0.3) is 0 Å². The SMILES string of the molecule is BrCC1(CC2CC3CCC2C3)CCCCC1. The van der Waals surface area contributed by atoms with Crippen LogP contribution in [0, 0.1) is 23.2 Å². The van der Waals surface area contributed by atoms with E-state index in [4.69, 9.17) is 0 Å². The Bertz CT molecular complexity index is 242. The second-order valence-electron chi connectivity index (χ2n) is 6.83. The van der Waals surface area contributed by atoms with Crippen LogP contribution >= 0.6 is 15.9 Å². The summed E-state index contributed by atoms with van der Waals surface area (Å²) < 4.78 is 0. The fourth-order valence-corrected chi connectivity index (χ4v) is 5.67. The highest BCUT2D eigenvalue weighted by Gasteiger charge is 2.43. The van der Waals surface area contributed by atoms with Crippen LogP contribution in [-0.2, 0) is 0 Å². The fourth-order valence-electron chi connectivity index (χ4n) is 4.88. The lowest BCUT2D eigenvalue weighted by molar-refractivity contribution is 0.144. The summed E-state index contributed by atoms with van der Waals surface area (Å²) in [6.07, 6.45) is 15.3. The molecule has 0 aromatic rings. The Morgan fingerprint density at radius 1 is 1.00 bits per heavy atom. The smallest absolute Gasteiger partial charge is 0.00880 e. The zero-order chi connectivity index (χ0) is 11.0. The Morgan fingerprint density at radius 3 is 2.38 bits per heavy atom. The fraction of sp³-hybridized carbons (Fsp3) is 1.00. The van der Waals surface area contributed by atoms with Crippen LogP contribution in [0.4, 0.5) is 0 Å². The minimum absolute atomic E-state index is 0.702. The largest absolute Gasteiger partial charge is 0.0922 e. The van der Waals surface area contributed by atoms with Gasteiger partial charge in [0.2, 0.25) is 0 Å². The van der Waals surface area contributed by atoms with Crippen molar-refractivity contribution in [1.82, 2.24) is 0 Å². The first kappa shape index (κ1) is 11.6. The highest BCUT2D eigenvalue weighted by molar-refractivity contribution is 9.09. The van der Waals surface area contributed by atoms with E-state index in [1.54, 1.807) is 32.1 Å². The molecule has 2 bridgehead atoms. The summed E-state index contributed by atoms with van der Waals surface area (Å²) in [4.78, 5) is 0. The van der Waals surface area contributed by atoms with E-state index in [2.05, 4.69) is 15.9 Å². The monoisotopic (exact) mass is 284 g/mol. The number of halogens is 1. The summed E-state index contributed by atoms with van der Waals surface area (Å²) >= 11 is 3.83. The Hall–Kier alpha value is 0.480. The van der Waals surface area contributed by atoms with Gasteiger partial charge in [0.05, 0.1) is 0 Å². The molecule has 0 nitrogen and oxygen atoms in total. The van der Waals surface area contributed by atoms with E-state index >= 15 is 0 Å². The van der Waals surface area contributed by atoms with Gasteiger partial charge in [0, 0.05) is 5.33 Å². The van der Waals surface area contributed by atoms with Gasteiger partial charge in [-0.1, -0.05) is 41.6 Å². The normalized spacial score (nSPS) is 41.4. The van der Waals surface area contributed by atoms with Crippen molar-refractivity contribution in [2.45, 2.75) is 64.2 Å². The van der Waals surface area contributed by atoms with Gasteiger partial charge in [-0.05, 0) is 61.7 Å². The van der Waals surface area contributed by atoms with Crippen molar-refractivity contribution in [3.63, 3.8) is 0 Å². The Labute approximate surface area is 109 Å². The Kier molecular flexibility index (Phi) is 3.35. The molecule has 3 saturated carbocycles. The van der Waals surface area contributed by atoms with Gasteiger partial charge in [0.15, 0.2) is 0 Å². The molecular weight excluding hydrogens is 260 g/mol. The minimum atomic E-state index is 0.702. The van der Waals surface area contributed by atoms with Crippen LogP contribution < -0.4 is 0 Å². The van der Waals surface area contributed by atoms with Crippen molar-refractivity contribution in [2.24, 2.45) is 23.2 Å². The van der Waals surface area contributed by atoms with Gasteiger partial charge >= 0.3 is 0 Å². The third-order valence-electron chi connectivity index (χ3n) is 5.78. The molecule has 0 spiro atoms. The van der Waals surface area contributed by atoms with Crippen LogP contribution in [0.25, 0.3) is 0 Å². The number of hydrogen-bond acceptors (Lipinski definition) is 0. The molecule has 92 valence electrons. The first-order valence-corrected chi connectivity index (χ1v) is 8.49. The summed E-state index contributed by atoms with van der Waals surface area (Å²) in [5, 5.41) is 1.27. The zero-order valence-electron chi connectivity index (χ0n) is 10.4. The van der Waals surface area contributed by atoms with Crippen molar-refractivity contribution in [3.05, 3.63) is 0 Å². The van der Waals surface area contributed by atoms with Crippen LogP contribution in [0.1, 0.15) is 64.2 Å². The van der Waals surface area contributed by atoms with Crippen LogP contribution in [0.3, 0.4) is 0 Å². The molecule has 16 heavy (non-hydrogen) atoms. The minimum Gasteiger partial charge on any atom is -0.0922 e. The molecule has 3 atom stereocenters. The topological polar surface area (TPSA) is 0 Å². The number of rotatable bonds is 3. The van der Waals surface area contributed by atoms with E-state index in [1.165, 1.54) is 37.4 Å². The first-order chi connectivity index (χ1) is 7.81. The summed E-state index contributed by atoms with van der Waals surface area (Å²) in [7, 11) is 0. The summed E-state index contributed by atoms with van der Waals surface area (Å²) in [6.45, 7) is 0. The molecule has 3 aliphatic carbocycles. The van der Waals surface area contributed by atoms with Crippen molar-refractivity contribution in [3.8, 4) is 0 Å². The molecule has 0 aromatic carbocycles. The number of fused-ring (bicyclic) bond motifs is 2. The zero-order valence-corrected chi connectivity index (χ0v) is 12.0. The maximum Gasteiger partial charge on any atom is 0.00880 e. The molecule has 0 aromatic heterocycles. The van der Waals surface area contributed by atoms with Crippen molar-refractivity contribution >= 4 is 15.9 Å². The number of alkyl halides is 1. The molecule has 3 rings (SSSR count). The predicted molar refractivity (Wildman–Crippen MR) is 72.9 cm³/mol. The molecule has 0 radical (unpaired) electrons. The predicted octanol–water partition coefficient (Wildman–Crippen LogP) is 5.16. The quantitative estimate of drug-likeness (QED) is 0.628. The van der Waals surface area contributed by atoms with E-state index in [0.29, 0.717) is 5.41 Å². The molecule has 0 aliphatic heterocycles. The van der Waals surface area contributed by atoms with E-state index < -0.39 is 0 Å². The maximum absolute atomic E-state index is 3.83. The third kappa shape index (κ3) is 2.09. The van der Waals surface area contributed by atoms with Gasteiger partial charge in [-0.15, -0.1) is 0 Å². The summed E-state index contributed by atoms with van der Waals surface area (Å²) in [5.74, 6) is 3.36. The molecular formula is C15H25Br. The van der Waals surface area contributed by atoms with E-state index in [9.17, 15) is 0 Å². The first-order valence-electron chi connectivity index (χ1n) is 7.37. The van der Waals surface area contributed by atoms with Gasteiger partial charge in [0.1, 0.15) is 0 Å². The van der Waals surface area contributed by atoms with Crippen LogP contribution in [0.15, 0.2) is 0 Å². The van der Waals surface area contributed by atoms with E-state index in [0.717, 1.165) is 17.8 Å². The van der Waals surface area contributed by atoms with Crippen molar-refractivity contribution < 1.29 is 0 Å². The van der Waals surface area contributed by atoms with Gasteiger partial charge in [-0.25, -0.2) is 0 Å². The summed E-state index contributed by atoms with van der Waals surface area (Å²) in [5.41, 5.74) is 0.702. The van der Waals surface area contributed by atoms with Gasteiger partial charge in [-0.3, -0.25) is 0 Å². The molecule has 0 heterocycles. The molecule has 3 aliphatic rings. The average Bonchev–Trinajstić information content (AvgIpc) is 2.92. The van der Waals surface area contributed by atoms with E-state index in [-0.39, 0.29) is 0 Å². The van der Waals surface area contributed by atoms with Crippen molar-refractivity contribution in [2.75, 3.05) is 5.33 Å². The lowest BCUT2D eigenvalue weighted by atomic mass is 9.68. The maximum atomic E-state index is 3.83. The van der Waals surface area contributed by atoms with Crippen LogP contribution in [0.2, 0.25) is 0 Å². The van der Waals surface area contributed by atoms with Gasteiger partial charge < -0.3 is 0 Å². The lowest BCUT2D eigenvalue weighted by Crippen LogP contribution is -2.30. The highest BCUT2D eigenvalue weighted by Crippen LogP contribution is 2.54. The average molecular weight is 285 g/mol. The van der Waals surface area contributed by atoms with Gasteiger partial charge in [-0.2, -0.15) is 0 Å². The second kappa shape index (κ2) is 4.63.